The summed E-state index contributed by atoms with van der Waals surface area (Å²) in [5.41, 5.74) is 2.29. The van der Waals surface area contributed by atoms with Crippen molar-refractivity contribution in [1.82, 2.24) is 10.3 Å². The summed E-state index contributed by atoms with van der Waals surface area (Å²) in [4.78, 5) is 30.4. The van der Waals surface area contributed by atoms with E-state index in [0.29, 0.717) is 17.2 Å². The summed E-state index contributed by atoms with van der Waals surface area (Å²) >= 11 is 1.39. The summed E-state index contributed by atoms with van der Waals surface area (Å²) in [6.07, 6.45) is 2.29. The van der Waals surface area contributed by atoms with Gasteiger partial charge in [0.25, 0.3) is 5.91 Å². The first-order valence-electron chi connectivity index (χ1n) is 9.48. The van der Waals surface area contributed by atoms with E-state index in [1.165, 1.54) is 41.2 Å². The third-order valence-electron chi connectivity index (χ3n) is 4.92. The van der Waals surface area contributed by atoms with Crippen molar-refractivity contribution in [2.75, 3.05) is 11.9 Å². The predicted octanol–water partition coefficient (Wildman–Crippen LogP) is 3.92. The van der Waals surface area contributed by atoms with Crippen molar-refractivity contribution >= 4 is 28.3 Å². The number of benzene rings is 2. The van der Waals surface area contributed by atoms with Gasteiger partial charge in [-0.05, 0) is 49.1 Å². The molecule has 0 radical (unpaired) electrons. The Morgan fingerprint density at radius 1 is 1.10 bits per heavy atom. The number of thiazole rings is 1. The minimum atomic E-state index is -0.393. The molecule has 3 aromatic rings. The molecule has 1 unspecified atom stereocenters. The van der Waals surface area contributed by atoms with E-state index in [9.17, 15) is 14.0 Å². The van der Waals surface area contributed by atoms with E-state index in [2.05, 4.69) is 15.6 Å². The molecule has 0 aliphatic heterocycles. The second-order valence-electron chi connectivity index (χ2n) is 6.91. The zero-order chi connectivity index (χ0) is 20.2. The average Bonchev–Trinajstić information content (AvgIpc) is 3.29. The molecule has 0 saturated carbocycles. The van der Waals surface area contributed by atoms with Crippen LogP contribution in [0, 0.1) is 5.82 Å². The zero-order valence-corrected chi connectivity index (χ0v) is 16.5. The lowest BCUT2D eigenvalue weighted by Gasteiger charge is -2.11. The Hall–Kier alpha value is -3.06. The molecule has 2 N–H and O–H groups in total. The SMILES string of the molecule is O=C(Nc1nc2c(s1)CCC2C(=O)NCCc1ccccc1)c1ccc(F)cc1. The summed E-state index contributed by atoms with van der Waals surface area (Å²) in [7, 11) is 0. The van der Waals surface area contributed by atoms with E-state index in [4.69, 9.17) is 0 Å². The van der Waals surface area contributed by atoms with E-state index in [0.717, 1.165) is 29.8 Å². The van der Waals surface area contributed by atoms with Crippen molar-refractivity contribution in [2.45, 2.75) is 25.2 Å². The standard InChI is InChI=1S/C22H20FN3O2S/c23-16-8-6-15(7-9-16)20(27)26-22-25-19-17(10-11-18(19)29-22)21(28)24-13-12-14-4-2-1-3-5-14/h1-9,17H,10-13H2,(H,24,28)(H,25,26,27). The number of amides is 2. The van der Waals surface area contributed by atoms with Crippen LogP contribution in [0.15, 0.2) is 54.6 Å². The van der Waals surface area contributed by atoms with Crippen LogP contribution in [0.2, 0.25) is 0 Å². The van der Waals surface area contributed by atoms with Gasteiger partial charge in [0.05, 0.1) is 11.6 Å². The number of fused-ring (bicyclic) bond motifs is 1. The minimum absolute atomic E-state index is 0.0265. The Morgan fingerprint density at radius 3 is 2.62 bits per heavy atom. The second-order valence-corrected chi connectivity index (χ2v) is 7.99. The fraction of sp³-hybridized carbons (Fsp3) is 0.227. The van der Waals surface area contributed by atoms with Crippen LogP contribution in [0.3, 0.4) is 0 Å². The normalized spacial score (nSPS) is 15.0. The third kappa shape index (κ3) is 4.51. The van der Waals surface area contributed by atoms with Crippen molar-refractivity contribution in [1.29, 1.82) is 0 Å². The quantitative estimate of drug-likeness (QED) is 0.648. The smallest absolute Gasteiger partial charge is 0.257 e. The molecule has 5 nitrogen and oxygen atoms in total. The minimum Gasteiger partial charge on any atom is -0.355 e. The fourth-order valence-electron chi connectivity index (χ4n) is 3.40. The lowest BCUT2D eigenvalue weighted by atomic mass is 10.1. The molecular weight excluding hydrogens is 389 g/mol. The highest BCUT2D eigenvalue weighted by Crippen LogP contribution is 2.38. The van der Waals surface area contributed by atoms with Crippen LogP contribution in [-0.4, -0.2) is 23.3 Å². The molecule has 4 rings (SSSR count). The van der Waals surface area contributed by atoms with Crippen LogP contribution >= 0.6 is 11.3 Å². The van der Waals surface area contributed by atoms with Crippen LogP contribution in [0.4, 0.5) is 9.52 Å². The highest BCUT2D eigenvalue weighted by Gasteiger charge is 2.32. The van der Waals surface area contributed by atoms with Crippen LogP contribution in [-0.2, 0) is 17.6 Å². The number of halogens is 1. The predicted molar refractivity (Wildman–Crippen MR) is 111 cm³/mol. The number of carbonyl (C=O) groups is 2. The first kappa shape index (κ1) is 19.3. The molecule has 0 saturated heterocycles. The highest BCUT2D eigenvalue weighted by atomic mass is 32.1. The Bertz CT molecular complexity index is 1020. The van der Waals surface area contributed by atoms with E-state index < -0.39 is 5.82 Å². The molecule has 1 atom stereocenters. The van der Waals surface area contributed by atoms with Gasteiger partial charge in [0.15, 0.2) is 5.13 Å². The third-order valence-corrected chi connectivity index (χ3v) is 5.96. The van der Waals surface area contributed by atoms with Crippen molar-refractivity contribution in [2.24, 2.45) is 0 Å². The molecule has 0 fully saturated rings. The maximum absolute atomic E-state index is 13.0. The lowest BCUT2D eigenvalue weighted by Crippen LogP contribution is -2.30. The van der Waals surface area contributed by atoms with Crippen molar-refractivity contribution < 1.29 is 14.0 Å². The number of nitrogens with zero attached hydrogens (tertiary/aromatic N) is 1. The summed E-state index contributed by atoms with van der Waals surface area (Å²) < 4.78 is 13.0. The molecule has 148 valence electrons. The van der Waals surface area contributed by atoms with E-state index in [1.54, 1.807) is 0 Å². The van der Waals surface area contributed by atoms with Crippen molar-refractivity contribution in [3.8, 4) is 0 Å². The number of aryl methyl sites for hydroxylation is 1. The molecule has 1 aliphatic carbocycles. The van der Waals surface area contributed by atoms with Gasteiger partial charge in [-0.1, -0.05) is 30.3 Å². The molecule has 2 amide bonds. The lowest BCUT2D eigenvalue weighted by molar-refractivity contribution is -0.122. The Morgan fingerprint density at radius 2 is 1.86 bits per heavy atom. The number of anilines is 1. The van der Waals surface area contributed by atoms with Gasteiger partial charge in [-0.3, -0.25) is 14.9 Å². The van der Waals surface area contributed by atoms with Gasteiger partial charge < -0.3 is 5.32 Å². The Labute approximate surface area is 172 Å². The number of nitrogens with one attached hydrogen (secondary N) is 2. The van der Waals surface area contributed by atoms with E-state index in [-0.39, 0.29) is 17.7 Å². The first-order valence-corrected chi connectivity index (χ1v) is 10.3. The topological polar surface area (TPSA) is 71.1 Å². The number of carbonyl (C=O) groups excluding carboxylic acids is 2. The van der Waals surface area contributed by atoms with Crippen LogP contribution in [0.1, 0.15) is 38.8 Å². The van der Waals surface area contributed by atoms with Gasteiger partial charge in [0.1, 0.15) is 5.82 Å². The van der Waals surface area contributed by atoms with Gasteiger partial charge in [0.2, 0.25) is 5.91 Å². The Kier molecular flexibility index (Phi) is 5.67. The van der Waals surface area contributed by atoms with Gasteiger partial charge in [-0.25, -0.2) is 9.37 Å². The van der Waals surface area contributed by atoms with Crippen LogP contribution in [0.25, 0.3) is 0 Å². The molecule has 29 heavy (non-hydrogen) atoms. The van der Waals surface area contributed by atoms with Crippen molar-refractivity contribution in [3.05, 3.63) is 82.1 Å². The Balaban J connectivity index is 1.36. The molecule has 1 aliphatic rings. The summed E-state index contributed by atoms with van der Waals surface area (Å²) in [5.74, 6) is -1.05. The van der Waals surface area contributed by atoms with Crippen LogP contribution in [0.5, 0.6) is 0 Å². The number of hydrogen-bond acceptors (Lipinski definition) is 4. The fourth-order valence-corrected chi connectivity index (χ4v) is 4.44. The summed E-state index contributed by atoms with van der Waals surface area (Å²) in [6, 6.07) is 15.3. The largest absolute Gasteiger partial charge is 0.355 e. The maximum atomic E-state index is 13.0. The van der Waals surface area contributed by atoms with Gasteiger partial charge in [-0.15, -0.1) is 11.3 Å². The van der Waals surface area contributed by atoms with Crippen molar-refractivity contribution in [3.63, 3.8) is 0 Å². The maximum Gasteiger partial charge on any atom is 0.257 e. The second kappa shape index (κ2) is 8.53. The van der Waals surface area contributed by atoms with Gasteiger partial charge in [0, 0.05) is 17.0 Å². The zero-order valence-electron chi connectivity index (χ0n) is 15.7. The molecule has 7 heteroatoms. The molecule has 1 heterocycles. The monoisotopic (exact) mass is 409 g/mol. The average molecular weight is 409 g/mol. The van der Waals surface area contributed by atoms with Gasteiger partial charge in [-0.2, -0.15) is 0 Å². The first-order chi connectivity index (χ1) is 14.1. The number of aromatic nitrogens is 1. The number of hydrogen-bond donors (Lipinski definition) is 2. The molecule has 2 aromatic carbocycles. The molecule has 0 bridgehead atoms. The summed E-state index contributed by atoms with van der Waals surface area (Å²) in [6.45, 7) is 0.576. The van der Waals surface area contributed by atoms with E-state index in [1.807, 2.05) is 30.3 Å². The molecule has 0 spiro atoms. The molecule has 1 aromatic heterocycles. The number of rotatable bonds is 6. The summed E-state index contributed by atoms with van der Waals surface area (Å²) in [5, 5.41) is 6.21. The highest BCUT2D eigenvalue weighted by molar-refractivity contribution is 7.16. The van der Waals surface area contributed by atoms with Crippen LogP contribution < -0.4 is 10.6 Å². The van der Waals surface area contributed by atoms with Gasteiger partial charge >= 0.3 is 0 Å². The molecular formula is C22H20FN3O2S. The van der Waals surface area contributed by atoms with E-state index >= 15 is 0 Å².